The zero-order chi connectivity index (χ0) is 16.8. The maximum Gasteiger partial charge on any atom is 0.322 e. The van der Waals surface area contributed by atoms with Gasteiger partial charge in [-0.2, -0.15) is 5.10 Å². The van der Waals surface area contributed by atoms with Crippen molar-refractivity contribution >= 4 is 24.0 Å². The van der Waals surface area contributed by atoms with Crippen LogP contribution < -0.4 is 5.32 Å². The maximum absolute atomic E-state index is 12.6. The molecule has 0 unspecified atom stereocenters. The second-order valence-corrected chi connectivity index (χ2v) is 5.95. The van der Waals surface area contributed by atoms with Crippen LogP contribution >= 0.6 is 12.4 Å². The topological polar surface area (TPSA) is 104 Å². The first-order valence-electron chi connectivity index (χ1n) is 8.30. The number of hydrogen-bond donors (Lipinski definition) is 2. The van der Waals surface area contributed by atoms with Crippen LogP contribution in [0.4, 0.5) is 5.69 Å². The van der Waals surface area contributed by atoms with Crippen molar-refractivity contribution in [2.24, 2.45) is 5.92 Å². The maximum atomic E-state index is 12.6. The molecule has 0 bridgehead atoms. The van der Waals surface area contributed by atoms with Gasteiger partial charge in [-0.1, -0.05) is 20.3 Å². The van der Waals surface area contributed by atoms with Crippen LogP contribution in [0.5, 0.6) is 0 Å². The van der Waals surface area contributed by atoms with E-state index in [4.69, 9.17) is 0 Å². The summed E-state index contributed by atoms with van der Waals surface area (Å²) in [6.07, 6.45) is 3.10. The SMILES string of the molecule is CCCc1[nH]nc(C(=O)N2CCC(CNCC)CC2)c1[N+](=O)[O-].Cl. The fraction of sp³-hybridized carbons (Fsp3) is 0.733. The standard InChI is InChI=1S/C15H25N5O3.ClH/c1-3-5-12-14(20(22)23)13(18-17-12)15(21)19-8-6-11(7-9-19)10-16-4-2;/h11,16H,3-10H2,1-2H3,(H,17,18);1H. The van der Waals surface area contributed by atoms with E-state index in [-0.39, 0.29) is 29.7 Å². The van der Waals surface area contributed by atoms with Crippen LogP contribution in [-0.4, -0.2) is 52.1 Å². The summed E-state index contributed by atoms with van der Waals surface area (Å²) in [5.74, 6) is 0.223. The monoisotopic (exact) mass is 359 g/mol. The number of halogens is 1. The molecule has 1 aromatic rings. The smallest absolute Gasteiger partial charge is 0.322 e. The van der Waals surface area contributed by atoms with Crippen LogP contribution in [0.1, 0.15) is 49.3 Å². The van der Waals surface area contributed by atoms with Gasteiger partial charge in [-0.15, -0.1) is 12.4 Å². The van der Waals surface area contributed by atoms with Crippen molar-refractivity contribution in [1.29, 1.82) is 0 Å². The highest BCUT2D eigenvalue weighted by atomic mass is 35.5. The molecule has 136 valence electrons. The molecule has 2 N–H and O–H groups in total. The third-order valence-electron chi connectivity index (χ3n) is 4.28. The number of aryl methyl sites for hydroxylation is 1. The van der Waals surface area contributed by atoms with Crippen LogP contribution in [0.25, 0.3) is 0 Å². The van der Waals surface area contributed by atoms with Crippen molar-refractivity contribution in [3.8, 4) is 0 Å². The fourth-order valence-electron chi connectivity index (χ4n) is 2.98. The van der Waals surface area contributed by atoms with Crippen molar-refractivity contribution in [1.82, 2.24) is 20.4 Å². The van der Waals surface area contributed by atoms with Gasteiger partial charge >= 0.3 is 5.69 Å². The molecule has 1 aliphatic rings. The molecule has 0 aliphatic carbocycles. The third-order valence-corrected chi connectivity index (χ3v) is 4.28. The van der Waals surface area contributed by atoms with Gasteiger partial charge in [-0.25, -0.2) is 0 Å². The number of rotatable bonds is 7. The van der Waals surface area contributed by atoms with Crippen molar-refractivity contribution in [3.05, 3.63) is 21.5 Å². The lowest BCUT2D eigenvalue weighted by molar-refractivity contribution is -0.385. The second-order valence-electron chi connectivity index (χ2n) is 5.95. The molecule has 8 nitrogen and oxygen atoms in total. The van der Waals surface area contributed by atoms with Gasteiger partial charge in [0.15, 0.2) is 0 Å². The summed E-state index contributed by atoms with van der Waals surface area (Å²) in [6, 6.07) is 0. The Labute approximate surface area is 147 Å². The molecule has 0 saturated carbocycles. The third kappa shape index (κ3) is 4.67. The summed E-state index contributed by atoms with van der Waals surface area (Å²) >= 11 is 0. The number of likely N-dealkylation sites (tertiary alicyclic amines) is 1. The number of nitrogens with one attached hydrogen (secondary N) is 2. The Morgan fingerprint density at radius 1 is 1.42 bits per heavy atom. The number of nitrogens with zero attached hydrogens (tertiary/aromatic N) is 3. The molecule has 0 radical (unpaired) electrons. The highest BCUT2D eigenvalue weighted by Gasteiger charge is 2.33. The molecule has 1 aliphatic heterocycles. The molecule has 1 fully saturated rings. The minimum absolute atomic E-state index is 0. The van der Waals surface area contributed by atoms with Gasteiger partial charge in [0.2, 0.25) is 5.69 Å². The van der Waals surface area contributed by atoms with Gasteiger partial charge < -0.3 is 10.2 Å². The summed E-state index contributed by atoms with van der Waals surface area (Å²) in [5.41, 5.74) is 0.220. The van der Waals surface area contributed by atoms with E-state index in [0.29, 0.717) is 31.1 Å². The van der Waals surface area contributed by atoms with E-state index in [0.717, 1.165) is 32.4 Å². The van der Waals surface area contributed by atoms with E-state index < -0.39 is 4.92 Å². The molecule has 2 heterocycles. The van der Waals surface area contributed by atoms with E-state index >= 15 is 0 Å². The fourth-order valence-corrected chi connectivity index (χ4v) is 2.98. The largest absolute Gasteiger partial charge is 0.337 e. The number of piperidine rings is 1. The molecule has 0 atom stereocenters. The summed E-state index contributed by atoms with van der Waals surface area (Å²) in [5, 5.41) is 21.2. The number of H-pyrrole nitrogens is 1. The number of hydrogen-bond acceptors (Lipinski definition) is 5. The Kier molecular flexibility index (Phi) is 8.14. The molecule has 24 heavy (non-hydrogen) atoms. The second kappa shape index (κ2) is 9.58. The molecular weight excluding hydrogens is 334 g/mol. The summed E-state index contributed by atoms with van der Waals surface area (Å²) < 4.78 is 0. The van der Waals surface area contributed by atoms with Gasteiger partial charge in [0, 0.05) is 13.1 Å². The van der Waals surface area contributed by atoms with Gasteiger partial charge in [0.05, 0.1) is 4.92 Å². The lowest BCUT2D eigenvalue weighted by Crippen LogP contribution is -2.41. The molecule has 1 aromatic heterocycles. The van der Waals surface area contributed by atoms with Crippen LogP contribution in [0.15, 0.2) is 0 Å². The average Bonchev–Trinajstić information content (AvgIpc) is 2.97. The summed E-state index contributed by atoms with van der Waals surface area (Å²) in [4.78, 5) is 25.1. The highest BCUT2D eigenvalue weighted by molar-refractivity contribution is 5.96. The Bertz CT molecular complexity index is 555. The van der Waals surface area contributed by atoms with Crippen molar-refractivity contribution in [3.63, 3.8) is 0 Å². The minimum atomic E-state index is -0.500. The molecule has 0 aromatic carbocycles. The van der Waals surface area contributed by atoms with Crippen molar-refractivity contribution in [2.45, 2.75) is 39.5 Å². The van der Waals surface area contributed by atoms with Crippen LogP contribution in [0, 0.1) is 16.0 Å². The zero-order valence-corrected chi connectivity index (χ0v) is 15.0. The molecule has 0 spiro atoms. The van der Waals surface area contributed by atoms with Crippen LogP contribution in [0.3, 0.4) is 0 Å². The Morgan fingerprint density at radius 2 is 2.08 bits per heavy atom. The molecule has 1 saturated heterocycles. The number of aromatic nitrogens is 2. The summed E-state index contributed by atoms with van der Waals surface area (Å²) in [6.45, 7) is 7.16. The predicted octanol–water partition coefficient (Wildman–Crippen LogP) is 2.15. The average molecular weight is 360 g/mol. The number of amides is 1. The van der Waals surface area contributed by atoms with E-state index in [1.54, 1.807) is 4.90 Å². The van der Waals surface area contributed by atoms with E-state index in [9.17, 15) is 14.9 Å². The number of carbonyl (C=O) groups excluding carboxylic acids is 1. The van der Waals surface area contributed by atoms with Gasteiger partial charge in [0.25, 0.3) is 5.91 Å². The minimum Gasteiger partial charge on any atom is -0.337 e. The molecule has 2 rings (SSSR count). The van der Waals surface area contributed by atoms with E-state index in [2.05, 4.69) is 22.4 Å². The van der Waals surface area contributed by atoms with Gasteiger partial charge in [-0.05, 0) is 38.3 Å². The van der Waals surface area contributed by atoms with Gasteiger partial charge in [-0.3, -0.25) is 20.0 Å². The lowest BCUT2D eigenvalue weighted by Gasteiger charge is -2.31. The van der Waals surface area contributed by atoms with Crippen molar-refractivity contribution in [2.75, 3.05) is 26.2 Å². The lowest BCUT2D eigenvalue weighted by atomic mass is 9.96. The van der Waals surface area contributed by atoms with E-state index in [1.165, 1.54) is 0 Å². The Balaban J connectivity index is 0.00000288. The summed E-state index contributed by atoms with van der Waals surface area (Å²) in [7, 11) is 0. The van der Waals surface area contributed by atoms with E-state index in [1.807, 2.05) is 6.92 Å². The first-order valence-corrected chi connectivity index (χ1v) is 8.30. The van der Waals surface area contributed by atoms with Crippen LogP contribution in [0.2, 0.25) is 0 Å². The Hall–Kier alpha value is -1.67. The van der Waals surface area contributed by atoms with Gasteiger partial charge in [0.1, 0.15) is 5.69 Å². The number of nitro groups is 1. The molecular formula is C15H26ClN5O3. The zero-order valence-electron chi connectivity index (χ0n) is 14.2. The normalized spacial score (nSPS) is 15.2. The predicted molar refractivity (Wildman–Crippen MR) is 93.7 cm³/mol. The first kappa shape index (κ1) is 20.4. The van der Waals surface area contributed by atoms with Crippen molar-refractivity contribution < 1.29 is 9.72 Å². The molecule has 9 heteroatoms. The first-order chi connectivity index (χ1) is 11.1. The number of carbonyl (C=O) groups is 1. The van der Waals surface area contributed by atoms with Crippen LogP contribution in [-0.2, 0) is 6.42 Å². The number of aromatic amines is 1. The molecule has 1 amide bonds. The highest BCUT2D eigenvalue weighted by Crippen LogP contribution is 2.25. The quantitative estimate of drug-likeness (QED) is 0.573. The Morgan fingerprint density at radius 3 is 2.62 bits per heavy atom.